The summed E-state index contributed by atoms with van der Waals surface area (Å²) in [6.07, 6.45) is 4.72. The molecule has 1 aliphatic heterocycles. The summed E-state index contributed by atoms with van der Waals surface area (Å²) < 4.78 is 5.14. The SMILES string of the molecule is COc1ccc(N2C(=O)c3cnc4n[nH]c(-c5cccnc5)c4c3C2=O)cc1. The van der Waals surface area contributed by atoms with Gasteiger partial charge in [0.05, 0.1) is 35.0 Å². The monoisotopic (exact) mass is 371 g/mol. The zero-order chi connectivity index (χ0) is 19.3. The number of rotatable bonds is 3. The average molecular weight is 371 g/mol. The number of hydrogen-bond acceptors (Lipinski definition) is 6. The summed E-state index contributed by atoms with van der Waals surface area (Å²) in [6.45, 7) is 0. The van der Waals surface area contributed by atoms with Gasteiger partial charge in [0.15, 0.2) is 5.65 Å². The summed E-state index contributed by atoms with van der Waals surface area (Å²) >= 11 is 0. The smallest absolute Gasteiger partial charge is 0.267 e. The van der Waals surface area contributed by atoms with Crippen LogP contribution in [0.2, 0.25) is 0 Å². The number of nitrogens with zero attached hydrogens (tertiary/aromatic N) is 4. The van der Waals surface area contributed by atoms with E-state index >= 15 is 0 Å². The van der Waals surface area contributed by atoms with Gasteiger partial charge in [-0.05, 0) is 36.4 Å². The van der Waals surface area contributed by atoms with Gasteiger partial charge in [0.2, 0.25) is 0 Å². The molecule has 8 nitrogen and oxygen atoms in total. The summed E-state index contributed by atoms with van der Waals surface area (Å²) in [4.78, 5) is 35.7. The maximum absolute atomic E-state index is 13.2. The van der Waals surface area contributed by atoms with Gasteiger partial charge >= 0.3 is 0 Å². The third-order valence-electron chi connectivity index (χ3n) is 4.71. The lowest BCUT2D eigenvalue weighted by atomic mass is 10.0. The highest BCUT2D eigenvalue weighted by Crippen LogP contribution is 2.36. The van der Waals surface area contributed by atoms with Gasteiger partial charge in [0, 0.05) is 24.2 Å². The van der Waals surface area contributed by atoms with E-state index in [-0.39, 0.29) is 5.56 Å². The van der Waals surface area contributed by atoms with Crippen LogP contribution in [0.25, 0.3) is 22.3 Å². The van der Waals surface area contributed by atoms with Gasteiger partial charge in [-0.3, -0.25) is 19.7 Å². The molecule has 0 unspecified atom stereocenters. The first-order valence-electron chi connectivity index (χ1n) is 8.49. The van der Waals surface area contributed by atoms with Gasteiger partial charge in [0.1, 0.15) is 5.75 Å². The van der Waals surface area contributed by atoms with Crippen molar-refractivity contribution in [2.24, 2.45) is 0 Å². The molecule has 1 N–H and O–H groups in total. The third kappa shape index (κ3) is 2.21. The lowest BCUT2D eigenvalue weighted by Gasteiger charge is -2.14. The molecule has 4 aromatic rings. The predicted molar refractivity (Wildman–Crippen MR) is 101 cm³/mol. The van der Waals surface area contributed by atoms with Gasteiger partial charge in [-0.25, -0.2) is 9.88 Å². The molecule has 0 saturated heterocycles. The zero-order valence-electron chi connectivity index (χ0n) is 14.7. The van der Waals surface area contributed by atoms with Crippen molar-refractivity contribution in [2.75, 3.05) is 12.0 Å². The number of amides is 2. The fourth-order valence-corrected chi connectivity index (χ4v) is 3.38. The minimum absolute atomic E-state index is 0.250. The summed E-state index contributed by atoms with van der Waals surface area (Å²) in [5, 5.41) is 7.62. The maximum atomic E-state index is 13.2. The molecule has 0 bridgehead atoms. The molecule has 0 atom stereocenters. The second-order valence-corrected chi connectivity index (χ2v) is 6.23. The number of fused-ring (bicyclic) bond motifs is 3. The fourth-order valence-electron chi connectivity index (χ4n) is 3.38. The molecule has 8 heteroatoms. The Hall–Kier alpha value is -4.07. The molecular formula is C20H13N5O3. The maximum Gasteiger partial charge on any atom is 0.267 e. The summed E-state index contributed by atoms with van der Waals surface area (Å²) in [5.41, 5.74) is 2.73. The van der Waals surface area contributed by atoms with Crippen molar-refractivity contribution in [2.45, 2.75) is 0 Å². The predicted octanol–water partition coefficient (Wildman–Crippen LogP) is 2.83. The molecule has 5 rings (SSSR count). The molecule has 1 aromatic carbocycles. The van der Waals surface area contributed by atoms with Crippen molar-refractivity contribution in [3.8, 4) is 17.0 Å². The third-order valence-corrected chi connectivity index (χ3v) is 4.71. The number of aromatic amines is 1. The summed E-state index contributed by atoms with van der Waals surface area (Å²) in [7, 11) is 1.55. The van der Waals surface area contributed by atoms with Crippen LogP contribution in [-0.4, -0.2) is 39.1 Å². The molecule has 4 heterocycles. The average Bonchev–Trinajstić information content (AvgIpc) is 3.28. The minimum Gasteiger partial charge on any atom is -0.497 e. The van der Waals surface area contributed by atoms with Crippen LogP contribution in [0.15, 0.2) is 55.0 Å². The normalized spacial score (nSPS) is 13.2. The van der Waals surface area contributed by atoms with Crippen molar-refractivity contribution in [3.05, 3.63) is 66.1 Å². The molecule has 3 aromatic heterocycles. The van der Waals surface area contributed by atoms with Crippen LogP contribution in [-0.2, 0) is 0 Å². The number of anilines is 1. The first-order valence-corrected chi connectivity index (χ1v) is 8.49. The molecule has 28 heavy (non-hydrogen) atoms. The Morgan fingerprint density at radius 1 is 1.04 bits per heavy atom. The van der Waals surface area contributed by atoms with Gasteiger partial charge in [-0.2, -0.15) is 5.10 Å². The lowest BCUT2D eigenvalue weighted by Crippen LogP contribution is -2.29. The molecular weight excluding hydrogens is 358 g/mol. The van der Waals surface area contributed by atoms with Gasteiger partial charge in [-0.15, -0.1) is 0 Å². The van der Waals surface area contributed by atoms with Crippen LogP contribution in [0.3, 0.4) is 0 Å². The van der Waals surface area contributed by atoms with E-state index in [2.05, 4.69) is 20.2 Å². The van der Waals surface area contributed by atoms with Crippen molar-refractivity contribution in [1.82, 2.24) is 20.2 Å². The van der Waals surface area contributed by atoms with E-state index < -0.39 is 11.8 Å². The number of imide groups is 1. The van der Waals surface area contributed by atoms with Crippen LogP contribution in [0.1, 0.15) is 20.7 Å². The Kier molecular flexibility index (Phi) is 3.45. The number of carbonyl (C=O) groups is 2. The van der Waals surface area contributed by atoms with E-state index in [1.807, 2.05) is 6.07 Å². The van der Waals surface area contributed by atoms with Crippen molar-refractivity contribution in [1.29, 1.82) is 0 Å². The standard InChI is InChI=1S/C20H13N5O3/c1-28-13-6-4-12(5-7-13)25-19(26)14-10-22-18-16(15(14)20(25)27)17(23-24-18)11-3-2-8-21-9-11/h2-10H,1H3,(H,22,23,24). The van der Waals surface area contributed by atoms with Crippen LogP contribution < -0.4 is 9.64 Å². The van der Waals surface area contributed by atoms with Crippen LogP contribution >= 0.6 is 0 Å². The van der Waals surface area contributed by atoms with Gasteiger partial charge < -0.3 is 4.74 Å². The highest BCUT2D eigenvalue weighted by Gasteiger charge is 2.40. The van der Waals surface area contributed by atoms with Crippen LogP contribution in [0.4, 0.5) is 5.69 Å². The highest BCUT2D eigenvalue weighted by molar-refractivity contribution is 6.38. The van der Waals surface area contributed by atoms with Crippen LogP contribution in [0, 0.1) is 0 Å². The van der Waals surface area contributed by atoms with Crippen molar-refractivity contribution < 1.29 is 14.3 Å². The van der Waals surface area contributed by atoms with E-state index in [1.54, 1.807) is 49.8 Å². The number of H-pyrrole nitrogens is 1. The Morgan fingerprint density at radius 3 is 2.57 bits per heavy atom. The van der Waals surface area contributed by atoms with E-state index in [0.29, 0.717) is 33.7 Å². The first-order chi connectivity index (χ1) is 13.7. The number of aromatic nitrogens is 4. The first kappa shape index (κ1) is 16.1. The Labute approximate surface area is 158 Å². The second-order valence-electron chi connectivity index (χ2n) is 6.23. The Balaban J connectivity index is 1.69. The number of pyridine rings is 2. The number of methoxy groups -OCH3 is 1. The number of ether oxygens (including phenoxy) is 1. The summed E-state index contributed by atoms with van der Waals surface area (Å²) in [6, 6.07) is 10.4. The number of carbonyl (C=O) groups excluding carboxylic acids is 2. The van der Waals surface area contributed by atoms with Crippen molar-refractivity contribution in [3.63, 3.8) is 0 Å². The minimum atomic E-state index is -0.419. The Morgan fingerprint density at radius 2 is 1.86 bits per heavy atom. The largest absolute Gasteiger partial charge is 0.497 e. The molecule has 0 radical (unpaired) electrons. The second kappa shape index (κ2) is 5.98. The van der Waals surface area contributed by atoms with Gasteiger partial charge in [-0.1, -0.05) is 0 Å². The fraction of sp³-hybridized carbons (Fsp3) is 0.0500. The molecule has 0 saturated carbocycles. The van der Waals surface area contributed by atoms with Gasteiger partial charge in [0.25, 0.3) is 11.8 Å². The topological polar surface area (TPSA) is 101 Å². The number of hydrogen-bond donors (Lipinski definition) is 1. The van der Waals surface area contributed by atoms with Crippen LogP contribution in [0.5, 0.6) is 5.75 Å². The van der Waals surface area contributed by atoms with Crippen molar-refractivity contribution >= 4 is 28.5 Å². The molecule has 2 amide bonds. The molecule has 136 valence electrons. The summed E-state index contributed by atoms with van der Waals surface area (Å²) in [5.74, 6) is -0.194. The number of nitrogens with one attached hydrogen (secondary N) is 1. The molecule has 1 aliphatic rings. The van der Waals surface area contributed by atoms with E-state index in [4.69, 9.17) is 4.74 Å². The van der Waals surface area contributed by atoms with E-state index in [0.717, 1.165) is 10.5 Å². The Bertz CT molecular complexity index is 1230. The quantitative estimate of drug-likeness (QED) is 0.556. The van der Waals surface area contributed by atoms with E-state index in [1.165, 1.54) is 6.20 Å². The molecule has 0 fully saturated rings. The molecule has 0 aliphatic carbocycles. The molecule has 0 spiro atoms. The lowest BCUT2D eigenvalue weighted by molar-refractivity contribution is 0.0926. The van der Waals surface area contributed by atoms with E-state index in [9.17, 15) is 9.59 Å². The number of benzene rings is 1. The highest BCUT2D eigenvalue weighted by atomic mass is 16.5. The zero-order valence-corrected chi connectivity index (χ0v) is 14.7.